The normalized spacial score (nSPS) is 11.4. The highest BCUT2D eigenvalue weighted by Crippen LogP contribution is 2.29. The van der Waals surface area contributed by atoms with Gasteiger partial charge in [0.25, 0.3) is 0 Å². The molecule has 0 spiro atoms. The van der Waals surface area contributed by atoms with Crippen LogP contribution in [0.25, 0.3) is 11.5 Å². The number of benzene rings is 2. The molecule has 1 aromatic heterocycles. The van der Waals surface area contributed by atoms with E-state index in [1.165, 1.54) is 0 Å². The molecule has 0 aliphatic rings. The van der Waals surface area contributed by atoms with E-state index in [1.807, 2.05) is 61.5 Å². The Labute approximate surface area is 154 Å². The van der Waals surface area contributed by atoms with Crippen LogP contribution < -0.4 is 5.32 Å². The highest BCUT2D eigenvalue weighted by Gasteiger charge is 2.20. The number of aromatic nitrogens is 1. The van der Waals surface area contributed by atoms with Crippen molar-refractivity contribution < 1.29 is 9.21 Å². The Hall–Kier alpha value is -2.88. The van der Waals surface area contributed by atoms with Gasteiger partial charge in [-0.15, -0.1) is 0 Å². The third-order valence-corrected chi connectivity index (χ3v) is 4.25. The van der Waals surface area contributed by atoms with Gasteiger partial charge in [0.05, 0.1) is 12.1 Å². The number of anilines is 1. The van der Waals surface area contributed by atoms with Gasteiger partial charge < -0.3 is 9.73 Å². The molecule has 26 heavy (non-hydrogen) atoms. The first kappa shape index (κ1) is 17.9. The van der Waals surface area contributed by atoms with Crippen LogP contribution in [0.1, 0.15) is 37.8 Å². The zero-order chi connectivity index (χ0) is 18.7. The fourth-order valence-corrected chi connectivity index (χ4v) is 2.89. The molecule has 1 N–H and O–H groups in total. The second kappa shape index (κ2) is 7.16. The van der Waals surface area contributed by atoms with Gasteiger partial charge in [0.2, 0.25) is 11.8 Å². The summed E-state index contributed by atoms with van der Waals surface area (Å²) < 4.78 is 5.74. The fraction of sp³-hybridized carbons (Fsp3) is 0.273. The van der Waals surface area contributed by atoms with E-state index >= 15 is 0 Å². The molecular weight excluding hydrogens is 324 g/mol. The molecule has 4 heteroatoms. The largest absolute Gasteiger partial charge is 0.441 e. The van der Waals surface area contributed by atoms with Crippen LogP contribution in [0.15, 0.2) is 59.0 Å². The number of hydrogen-bond donors (Lipinski definition) is 1. The predicted octanol–water partition coefficient (Wildman–Crippen LogP) is 5.13. The Morgan fingerprint density at radius 3 is 2.38 bits per heavy atom. The van der Waals surface area contributed by atoms with E-state index in [2.05, 4.69) is 31.1 Å². The van der Waals surface area contributed by atoms with Crippen LogP contribution >= 0.6 is 0 Å². The molecule has 0 aliphatic heterocycles. The lowest BCUT2D eigenvalue weighted by Crippen LogP contribution is -2.20. The molecule has 4 nitrogen and oxygen atoms in total. The molecule has 2 aromatic carbocycles. The lowest BCUT2D eigenvalue weighted by Gasteiger charge is -2.22. The van der Waals surface area contributed by atoms with Crippen molar-refractivity contribution in [2.75, 3.05) is 5.32 Å². The van der Waals surface area contributed by atoms with Crippen molar-refractivity contribution in [1.29, 1.82) is 0 Å². The second-order valence-corrected chi connectivity index (χ2v) is 7.41. The molecule has 0 saturated heterocycles. The minimum absolute atomic E-state index is 0.0475. The Balaban J connectivity index is 1.77. The first-order chi connectivity index (χ1) is 12.3. The fourth-order valence-electron chi connectivity index (χ4n) is 2.89. The number of hydrogen-bond acceptors (Lipinski definition) is 3. The Kier molecular flexibility index (Phi) is 4.94. The monoisotopic (exact) mass is 348 g/mol. The van der Waals surface area contributed by atoms with Crippen LogP contribution in [0.5, 0.6) is 0 Å². The molecule has 3 aromatic rings. The number of nitrogens with one attached hydrogen (secondary N) is 1. The standard InChI is InChI=1S/C22H24N2O2/c1-15-19(24-21(26-15)16-10-6-5-7-11-16)14-20(25)23-18-13-9-8-12-17(18)22(2,3)4/h5-13H,14H2,1-4H3,(H,23,25). The van der Waals surface area contributed by atoms with Gasteiger partial charge in [0.1, 0.15) is 5.76 Å². The van der Waals surface area contributed by atoms with Gasteiger partial charge in [0.15, 0.2) is 0 Å². The van der Waals surface area contributed by atoms with Crippen molar-refractivity contribution in [3.63, 3.8) is 0 Å². The van der Waals surface area contributed by atoms with Gasteiger partial charge >= 0.3 is 0 Å². The Morgan fingerprint density at radius 1 is 1.04 bits per heavy atom. The van der Waals surface area contributed by atoms with E-state index in [9.17, 15) is 4.79 Å². The zero-order valence-electron chi connectivity index (χ0n) is 15.7. The number of carbonyl (C=O) groups excluding carboxylic acids is 1. The summed E-state index contributed by atoms with van der Waals surface area (Å²) in [6, 6.07) is 17.6. The summed E-state index contributed by atoms with van der Waals surface area (Å²) in [5.41, 5.74) is 3.47. The van der Waals surface area contributed by atoms with Gasteiger partial charge in [-0.05, 0) is 36.1 Å². The number of amides is 1. The number of oxazole rings is 1. The lowest BCUT2D eigenvalue weighted by atomic mass is 9.86. The van der Waals surface area contributed by atoms with E-state index in [0.29, 0.717) is 17.3 Å². The third kappa shape index (κ3) is 4.02. The summed E-state index contributed by atoms with van der Waals surface area (Å²) in [6.45, 7) is 8.23. The van der Waals surface area contributed by atoms with Crippen molar-refractivity contribution in [2.45, 2.75) is 39.5 Å². The number of nitrogens with zero attached hydrogens (tertiary/aromatic N) is 1. The van der Waals surface area contributed by atoms with E-state index in [1.54, 1.807) is 0 Å². The molecule has 1 amide bonds. The van der Waals surface area contributed by atoms with Crippen LogP contribution in [0.3, 0.4) is 0 Å². The van der Waals surface area contributed by atoms with Crippen LogP contribution in [-0.4, -0.2) is 10.9 Å². The third-order valence-electron chi connectivity index (χ3n) is 4.25. The molecule has 134 valence electrons. The van der Waals surface area contributed by atoms with Gasteiger partial charge in [-0.1, -0.05) is 57.2 Å². The maximum absolute atomic E-state index is 12.6. The van der Waals surface area contributed by atoms with Crippen LogP contribution in [-0.2, 0) is 16.6 Å². The van der Waals surface area contributed by atoms with E-state index in [-0.39, 0.29) is 17.7 Å². The number of rotatable bonds is 4. The zero-order valence-corrected chi connectivity index (χ0v) is 15.7. The minimum Gasteiger partial charge on any atom is -0.441 e. The predicted molar refractivity (Wildman–Crippen MR) is 104 cm³/mol. The summed E-state index contributed by atoms with van der Waals surface area (Å²) in [7, 11) is 0. The molecule has 1 heterocycles. The summed E-state index contributed by atoms with van der Waals surface area (Å²) in [5, 5.41) is 3.02. The van der Waals surface area contributed by atoms with Crippen molar-refractivity contribution >= 4 is 11.6 Å². The molecule has 3 rings (SSSR count). The van der Waals surface area contributed by atoms with E-state index in [4.69, 9.17) is 4.42 Å². The van der Waals surface area contributed by atoms with Crippen molar-refractivity contribution in [3.05, 3.63) is 71.6 Å². The molecule has 0 radical (unpaired) electrons. The first-order valence-corrected chi connectivity index (χ1v) is 8.75. The molecular formula is C22H24N2O2. The van der Waals surface area contributed by atoms with Gasteiger partial charge in [-0.25, -0.2) is 4.98 Å². The second-order valence-electron chi connectivity index (χ2n) is 7.41. The smallest absolute Gasteiger partial charge is 0.230 e. The van der Waals surface area contributed by atoms with Crippen LogP contribution in [0, 0.1) is 6.92 Å². The average Bonchev–Trinajstić information content (AvgIpc) is 2.96. The molecule has 0 unspecified atom stereocenters. The number of aryl methyl sites for hydroxylation is 1. The van der Waals surface area contributed by atoms with E-state index < -0.39 is 0 Å². The highest BCUT2D eigenvalue weighted by molar-refractivity contribution is 5.93. The van der Waals surface area contributed by atoms with Crippen molar-refractivity contribution in [2.24, 2.45) is 0 Å². The summed E-state index contributed by atoms with van der Waals surface area (Å²) in [5.74, 6) is 1.11. The summed E-state index contributed by atoms with van der Waals surface area (Å²) in [4.78, 5) is 17.1. The van der Waals surface area contributed by atoms with Crippen LogP contribution in [0.2, 0.25) is 0 Å². The van der Waals surface area contributed by atoms with Crippen LogP contribution in [0.4, 0.5) is 5.69 Å². The maximum Gasteiger partial charge on any atom is 0.230 e. The maximum atomic E-state index is 12.6. The van der Waals surface area contributed by atoms with Crippen molar-refractivity contribution in [1.82, 2.24) is 4.98 Å². The van der Waals surface area contributed by atoms with Gasteiger partial charge in [-0.3, -0.25) is 4.79 Å². The molecule has 0 saturated carbocycles. The van der Waals surface area contributed by atoms with Gasteiger partial charge in [-0.2, -0.15) is 0 Å². The summed E-state index contributed by atoms with van der Waals surface area (Å²) >= 11 is 0. The average molecular weight is 348 g/mol. The SMILES string of the molecule is Cc1oc(-c2ccccc2)nc1CC(=O)Nc1ccccc1C(C)(C)C. The summed E-state index contributed by atoms with van der Waals surface area (Å²) in [6.07, 6.45) is 0.181. The lowest BCUT2D eigenvalue weighted by molar-refractivity contribution is -0.115. The first-order valence-electron chi connectivity index (χ1n) is 8.75. The number of para-hydroxylation sites is 1. The molecule has 0 aliphatic carbocycles. The Bertz CT molecular complexity index is 905. The number of carbonyl (C=O) groups is 1. The topological polar surface area (TPSA) is 55.1 Å². The van der Waals surface area contributed by atoms with Crippen molar-refractivity contribution in [3.8, 4) is 11.5 Å². The molecule has 0 bridgehead atoms. The molecule has 0 fully saturated rings. The molecule has 0 atom stereocenters. The quantitative estimate of drug-likeness (QED) is 0.711. The highest BCUT2D eigenvalue weighted by atomic mass is 16.4. The minimum atomic E-state index is -0.0993. The Morgan fingerprint density at radius 2 is 1.69 bits per heavy atom. The van der Waals surface area contributed by atoms with Gasteiger partial charge in [0, 0.05) is 11.3 Å². The van der Waals surface area contributed by atoms with E-state index in [0.717, 1.165) is 16.8 Å².